The highest BCUT2D eigenvalue weighted by atomic mass is 16.5. The monoisotopic (exact) mass is 343 g/mol. The zero-order valence-corrected chi connectivity index (χ0v) is 15.2. The van der Waals surface area contributed by atoms with Gasteiger partial charge in [0, 0.05) is 19.7 Å². The van der Waals surface area contributed by atoms with Gasteiger partial charge in [-0.05, 0) is 36.2 Å². The highest BCUT2D eigenvalue weighted by Gasteiger charge is 2.22. The molecule has 0 radical (unpaired) electrons. The summed E-state index contributed by atoms with van der Waals surface area (Å²) >= 11 is 0. The van der Waals surface area contributed by atoms with Crippen LogP contribution in [0.4, 0.5) is 0 Å². The molecule has 0 aromatic heterocycles. The van der Waals surface area contributed by atoms with Gasteiger partial charge in [0.25, 0.3) is 5.91 Å². The van der Waals surface area contributed by atoms with Gasteiger partial charge >= 0.3 is 0 Å². The Labute approximate surface area is 149 Å². The topological polar surface area (TPSA) is 48.0 Å². The standard InChI is InChI=1S/C20H25NO4/c1-5-19(25-18-8-6-7-17(13-18)24-4)20(22)21(2)14-15-9-11-16(23-3)12-10-15/h6-13,19H,5,14H2,1-4H3/t19-/m0/s1. The third kappa shape index (κ3) is 5.14. The summed E-state index contributed by atoms with van der Waals surface area (Å²) in [5.74, 6) is 2.07. The van der Waals surface area contributed by atoms with Crippen molar-refractivity contribution in [3.05, 3.63) is 54.1 Å². The zero-order chi connectivity index (χ0) is 18.2. The summed E-state index contributed by atoms with van der Waals surface area (Å²) in [5.41, 5.74) is 1.04. The molecule has 2 rings (SSSR count). The van der Waals surface area contributed by atoms with Crippen LogP contribution in [0.2, 0.25) is 0 Å². The summed E-state index contributed by atoms with van der Waals surface area (Å²) in [4.78, 5) is 14.4. The third-order valence-electron chi connectivity index (χ3n) is 3.92. The number of rotatable bonds is 8. The van der Waals surface area contributed by atoms with Crippen LogP contribution in [-0.2, 0) is 11.3 Å². The highest BCUT2D eigenvalue weighted by molar-refractivity contribution is 5.81. The Morgan fingerprint density at radius 2 is 1.64 bits per heavy atom. The lowest BCUT2D eigenvalue weighted by Crippen LogP contribution is -2.39. The van der Waals surface area contributed by atoms with Gasteiger partial charge < -0.3 is 19.1 Å². The van der Waals surface area contributed by atoms with Gasteiger partial charge in [0.2, 0.25) is 0 Å². The quantitative estimate of drug-likeness (QED) is 0.736. The van der Waals surface area contributed by atoms with Crippen molar-refractivity contribution in [1.29, 1.82) is 0 Å². The van der Waals surface area contributed by atoms with E-state index < -0.39 is 6.10 Å². The van der Waals surface area contributed by atoms with Crippen LogP contribution in [0, 0.1) is 0 Å². The Balaban J connectivity index is 2.01. The molecule has 5 heteroatoms. The number of carbonyl (C=O) groups excluding carboxylic acids is 1. The smallest absolute Gasteiger partial charge is 0.263 e. The lowest BCUT2D eigenvalue weighted by atomic mass is 10.2. The molecule has 0 spiro atoms. The van der Waals surface area contributed by atoms with Gasteiger partial charge in [-0.3, -0.25) is 4.79 Å². The van der Waals surface area contributed by atoms with E-state index in [0.717, 1.165) is 11.3 Å². The first kappa shape index (κ1) is 18.6. The molecule has 0 N–H and O–H groups in total. The largest absolute Gasteiger partial charge is 0.497 e. The Bertz CT molecular complexity index is 684. The van der Waals surface area contributed by atoms with E-state index in [9.17, 15) is 4.79 Å². The van der Waals surface area contributed by atoms with Crippen LogP contribution in [-0.4, -0.2) is 38.2 Å². The van der Waals surface area contributed by atoms with Crippen LogP contribution < -0.4 is 14.2 Å². The number of nitrogens with zero attached hydrogens (tertiary/aromatic N) is 1. The van der Waals surface area contributed by atoms with Gasteiger partial charge in [-0.15, -0.1) is 0 Å². The molecule has 0 fully saturated rings. The first-order valence-corrected chi connectivity index (χ1v) is 8.26. The number of carbonyl (C=O) groups is 1. The molecule has 5 nitrogen and oxygen atoms in total. The Kier molecular flexibility index (Phi) is 6.69. The van der Waals surface area contributed by atoms with E-state index in [1.807, 2.05) is 49.4 Å². The maximum absolute atomic E-state index is 12.7. The summed E-state index contributed by atoms with van der Waals surface area (Å²) in [6, 6.07) is 15.0. The van der Waals surface area contributed by atoms with E-state index in [-0.39, 0.29) is 5.91 Å². The van der Waals surface area contributed by atoms with Crippen molar-refractivity contribution in [3.8, 4) is 17.2 Å². The molecule has 0 saturated carbocycles. The molecule has 0 aliphatic carbocycles. The van der Waals surface area contributed by atoms with Gasteiger partial charge in [0.1, 0.15) is 17.2 Å². The fourth-order valence-electron chi connectivity index (χ4n) is 2.48. The lowest BCUT2D eigenvalue weighted by Gasteiger charge is -2.24. The summed E-state index contributed by atoms with van der Waals surface area (Å²) in [7, 11) is 5.01. The van der Waals surface area contributed by atoms with E-state index in [0.29, 0.717) is 24.5 Å². The van der Waals surface area contributed by atoms with Crippen molar-refractivity contribution in [1.82, 2.24) is 4.90 Å². The fraction of sp³-hybridized carbons (Fsp3) is 0.350. The van der Waals surface area contributed by atoms with Crippen LogP contribution >= 0.6 is 0 Å². The molecule has 0 heterocycles. The number of hydrogen-bond acceptors (Lipinski definition) is 4. The average molecular weight is 343 g/mol. The molecule has 25 heavy (non-hydrogen) atoms. The molecule has 0 aliphatic heterocycles. The van der Waals surface area contributed by atoms with Crippen molar-refractivity contribution in [2.75, 3.05) is 21.3 Å². The predicted octanol–water partition coefficient (Wildman–Crippen LogP) is 3.52. The molecule has 2 aromatic carbocycles. The fourth-order valence-corrected chi connectivity index (χ4v) is 2.48. The van der Waals surface area contributed by atoms with Crippen molar-refractivity contribution in [2.24, 2.45) is 0 Å². The second-order valence-electron chi connectivity index (χ2n) is 5.74. The second-order valence-corrected chi connectivity index (χ2v) is 5.74. The van der Waals surface area contributed by atoms with Crippen LogP contribution in [0.5, 0.6) is 17.2 Å². The zero-order valence-electron chi connectivity index (χ0n) is 15.2. The van der Waals surface area contributed by atoms with E-state index in [4.69, 9.17) is 14.2 Å². The molecule has 1 atom stereocenters. The van der Waals surface area contributed by atoms with Crippen LogP contribution in [0.3, 0.4) is 0 Å². The maximum atomic E-state index is 12.7. The van der Waals surface area contributed by atoms with Gasteiger partial charge in [0.15, 0.2) is 6.10 Å². The first-order chi connectivity index (χ1) is 12.1. The SMILES string of the molecule is CC[C@H](Oc1cccc(OC)c1)C(=O)N(C)Cc1ccc(OC)cc1. The van der Waals surface area contributed by atoms with Crippen molar-refractivity contribution >= 4 is 5.91 Å². The third-order valence-corrected chi connectivity index (χ3v) is 3.92. The number of methoxy groups -OCH3 is 2. The molecule has 0 aliphatic rings. The average Bonchev–Trinajstić information content (AvgIpc) is 2.66. The van der Waals surface area contributed by atoms with Crippen LogP contribution in [0.25, 0.3) is 0 Å². The van der Waals surface area contributed by atoms with Gasteiger partial charge in [0.05, 0.1) is 14.2 Å². The molecule has 0 saturated heterocycles. The molecule has 1 amide bonds. The van der Waals surface area contributed by atoms with E-state index in [1.54, 1.807) is 32.2 Å². The van der Waals surface area contributed by atoms with Crippen molar-refractivity contribution < 1.29 is 19.0 Å². The molecular weight excluding hydrogens is 318 g/mol. The number of hydrogen-bond donors (Lipinski definition) is 0. The molecule has 0 unspecified atom stereocenters. The number of benzene rings is 2. The van der Waals surface area contributed by atoms with Crippen molar-refractivity contribution in [2.45, 2.75) is 26.0 Å². The van der Waals surface area contributed by atoms with Gasteiger partial charge in [-0.25, -0.2) is 0 Å². The van der Waals surface area contributed by atoms with Crippen molar-refractivity contribution in [3.63, 3.8) is 0 Å². The van der Waals surface area contributed by atoms with Gasteiger partial charge in [-0.1, -0.05) is 25.1 Å². The highest BCUT2D eigenvalue weighted by Crippen LogP contribution is 2.21. The van der Waals surface area contributed by atoms with Crippen LogP contribution in [0.15, 0.2) is 48.5 Å². The predicted molar refractivity (Wildman–Crippen MR) is 97.2 cm³/mol. The first-order valence-electron chi connectivity index (χ1n) is 8.26. The number of ether oxygens (including phenoxy) is 3. The lowest BCUT2D eigenvalue weighted by molar-refractivity contribution is -0.138. The van der Waals surface area contributed by atoms with E-state index in [1.165, 1.54) is 0 Å². The minimum Gasteiger partial charge on any atom is -0.497 e. The molecular formula is C20H25NO4. The van der Waals surface area contributed by atoms with Crippen LogP contribution in [0.1, 0.15) is 18.9 Å². The van der Waals surface area contributed by atoms with Gasteiger partial charge in [-0.2, -0.15) is 0 Å². The normalized spacial score (nSPS) is 11.5. The molecule has 2 aromatic rings. The number of amides is 1. The Hall–Kier alpha value is -2.69. The summed E-state index contributed by atoms with van der Waals surface area (Å²) in [6.45, 7) is 2.45. The summed E-state index contributed by atoms with van der Waals surface area (Å²) in [5, 5.41) is 0. The Morgan fingerprint density at radius 3 is 2.24 bits per heavy atom. The second kappa shape index (κ2) is 8.97. The Morgan fingerprint density at radius 1 is 1.00 bits per heavy atom. The molecule has 0 bridgehead atoms. The minimum atomic E-state index is -0.532. The summed E-state index contributed by atoms with van der Waals surface area (Å²) < 4.78 is 16.2. The van der Waals surface area contributed by atoms with E-state index in [2.05, 4.69) is 0 Å². The maximum Gasteiger partial charge on any atom is 0.263 e. The molecule has 134 valence electrons. The minimum absolute atomic E-state index is 0.0545. The summed E-state index contributed by atoms with van der Waals surface area (Å²) in [6.07, 6.45) is 0.0542. The number of likely N-dealkylation sites (N-methyl/N-ethyl adjacent to an activating group) is 1. The van der Waals surface area contributed by atoms with E-state index >= 15 is 0 Å².